The number of nitrogens with one attached hydrogen (secondary N) is 2. The maximum absolute atomic E-state index is 12.5. The molecule has 1 amide bonds. The largest absolute Gasteiger partial charge is 0.319 e. The summed E-state index contributed by atoms with van der Waals surface area (Å²) in [6.45, 7) is 9.62. The van der Waals surface area contributed by atoms with Crippen molar-refractivity contribution < 1.29 is 4.79 Å². The fourth-order valence-corrected chi connectivity index (χ4v) is 3.05. The zero-order valence-corrected chi connectivity index (χ0v) is 15.8. The number of aryl methyl sites for hydroxylation is 2. The van der Waals surface area contributed by atoms with E-state index in [0.717, 1.165) is 24.3 Å². The van der Waals surface area contributed by atoms with E-state index < -0.39 is 0 Å². The van der Waals surface area contributed by atoms with Crippen molar-refractivity contribution in [2.45, 2.75) is 46.1 Å². The van der Waals surface area contributed by atoms with Gasteiger partial charge in [-0.05, 0) is 36.5 Å². The van der Waals surface area contributed by atoms with E-state index in [1.807, 2.05) is 38.4 Å². The summed E-state index contributed by atoms with van der Waals surface area (Å²) in [4.78, 5) is 12.5. The molecule has 25 heavy (non-hydrogen) atoms. The van der Waals surface area contributed by atoms with E-state index in [0.29, 0.717) is 17.5 Å². The standard InChI is InChI=1S/C20H28N4O/c1-13-18(11-24(5)23-13)22-19(25)15-8-6-7-14(9-15)16-10-17(16)21-12-20(2,3)4/h6-9,11,16-17,21H,10,12H2,1-5H3,(H,22,25)/t16-,17+/m0/s1. The normalized spacial score (nSPS) is 19.7. The van der Waals surface area contributed by atoms with Gasteiger partial charge in [-0.1, -0.05) is 32.9 Å². The molecule has 0 aliphatic heterocycles. The first kappa shape index (κ1) is 17.7. The molecular formula is C20H28N4O. The number of anilines is 1. The Bertz CT molecular complexity index is 772. The summed E-state index contributed by atoms with van der Waals surface area (Å²) in [6.07, 6.45) is 2.97. The van der Waals surface area contributed by atoms with Crippen molar-refractivity contribution in [3.63, 3.8) is 0 Å². The minimum Gasteiger partial charge on any atom is -0.319 e. The number of aromatic nitrogens is 2. The Hall–Kier alpha value is -2.14. The molecular weight excluding hydrogens is 312 g/mol. The number of benzene rings is 1. The first-order valence-corrected chi connectivity index (χ1v) is 8.88. The average molecular weight is 340 g/mol. The van der Waals surface area contributed by atoms with Gasteiger partial charge in [-0.3, -0.25) is 9.48 Å². The lowest BCUT2D eigenvalue weighted by atomic mass is 9.97. The molecule has 0 radical (unpaired) electrons. The molecule has 134 valence electrons. The molecule has 0 saturated heterocycles. The van der Waals surface area contributed by atoms with E-state index in [9.17, 15) is 4.79 Å². The van der Waals surface area contributed by atoms with Gasteiger partial charge < -0.3 is 10.6 Å². The van der Waals surface area contributed by atoms with Crippen LogP contribution in [0.5, 0.6) is 0 Å². The smallest absolute Gasteiger partial charge is 0.255 e. The minimum atomic E-state index is -0.0854. The Morgan fingerprint density at radius 3 is 2.76 bits per heavy atom. The molecule has 1 aliphatic carbocycles. The van der Waals surface area contributed by atoms with Gasteiger partial charge in [0, 0.05) is 37.3 Å². The van der Waals surface area contributed by atoms with E-state index in [-0.39, 0.29) is 11.3 Å². The first-order chi connectivity index (χ1) is 11.7. The van der Waals surface area contributed by atoms with Gasteiger partial charge in [0.1, 0.15) is 0 Å². The molecule has 1 saturated carbocycles. The van der Waals surface area contributed by atoms with E-state index in [1.165, 1.54) is 5.56 Å². The zero-order valence-electron chi connectivity index (χ0n) is 15.8. The highest BCUT2D eigenvalue weighted by Gasteiger charge is 2.38. The third kappa shape index (κ3) is 4.48. The van der Waals surface area contributed by atoms with Crippen LogP contribution in [0.4, 0.5) is 5.69 Å². The van der Waals surface area contributed by atoms with Crippen LogP contribution >= 0.6 is 0 Å². The first-order valence-electron chi connectivity index (χ1n) is 8.88. The second kappa shape index (κ2) is 6.64. The Labute approximate surface area is 149 Å². The van der Waals surface area contributed by atoms with E-state index in [1.54, 1.807) is 4.68 Å². The molecule has 5 heteroatoms. The van der Waals surface area contributed by atoms with Crippen LogP contribution in [0, 0.1) is 12.3 Å². The summed E-state index contributed by atoms with van der Waals surface area (Å²) < 4.78 is 1.71. The summed E-state index contributed by atoms with van der Waals surface area (Å²) in [5, 5.41) is 10.8. The zero-order chi connectivity index (χ0) is 18.2. The van der Waals surface area contributed by atoms with Crippen molar-refractivity contribution in [2.24, 2.45) is 12.5 Å². The molecule has 3 rings (SSSR count). The molecule has 2 N–H and O–H groups in total. The molecule has 0 spiro atoms. The molecule has 0 bridgehead atoms. The van der Waals surface area contributed by atoms with E-state index in [2.05, 4.69) is 42.6 Å². The van der Waals surface area contributed by atoms with Crippen molar-refractivity contribution in [2.75, 3.05) is 11.9 Å². The van der Waals surface area contributed by atoms with Crippen LogP contribution in [0.3, 0.4) is 0 Å². The van der Waals surface area contributed by atoms with Gasteiger partial charge in [-0.2, -0.15) is 5.10 Å². The molecule has 1 aromatic heterocycles. The lowest BCUT2D eigenvalue weighted by Gasteiger charge is -2.18. The van der Waals surface area contributed by atoms with Crippen LogP contribution in [-0.2, 0) is 7.05 Å². The van der Waals surface area contributed by atoms with Crippen LogP contribution in [0.2, 0.25) is 0 Å². The van der Waals surface area contributed by atoms with Crippen LogP contribution in [0.15, 0.2) is 30.5 Å². The van der Waals surface area contributed by atoms with Gasteiger partial charge in [0.2, 0.25) is 0 Å². The van der Waals surface area contributed by atoms with E-state index >= 15 is 0 Å². The molecule has 1 aliphatic rings. The maximum Gasteiger partial charge on any atom is 0.255 e. The highest BCUT2D eigenvalue weighted by Crippen LogP contribution is 2.41. The number of nitrogens with zero attached hydrogens (tertiary/aromatic N) is 2. The van der Waals surface area contributed by atoms with E-state index in [4.69, 9.17) is 0 Å². The predicted octanol–water partition coefficient (Wildman–Crippen LogP) is 3.47. The van der Waals surface area contributed by atoms with Gasteiger partial charge in [0.25, 0.3) is 5.91 Å². The SMILES string of the molecule is Cc1nn(C)cc1NC(=O)c1cccc([C@@H]2C[C@H]2NCC(C)(C)C)c1. The van der Waals surface area contributed by atoms with Crippen molar-refractivity contribution in [1.82, 2.24) is 15.1 Å². The van der Waals surface area contributed by atoms with Crippen molar-refractivity contribution >= 4 is 11.6 Å². The van der Waals surface area contributed by atoms with Crippen LogP contribution in [0.25, 0.3) is 0 Å². The minimum absolute atomic E-state index is 0.0854. The molecule has 2 aromatic rings. The number of rotatable bonds is 5. The van der Waals surface area contributed by atoms with Crippen molar-refractivity contribution in [3.8, 4) is 0 Å². The fraction of sp³-hybridized carbons (Fsp3) is 0.500. The average Bonchev–Trinajstić information content (AvgIpc) is 3.24. The van der Waals surface area contributed by atoms with Gasteiger partial charge >= 0.3 is 0 Å². The Kier molecular flexibility index (Phi) is 4.69. The van der Waals surface area contributed by atoms with Gasteiger partial charge in [-0.15, -0.1) is 0 Å². The number of amides is 1. The second-order valence-corrected chi connectivity index (χ2v) is 8.27. The lowest BCUT2D eigenvalue weighted by Crippen LogP contribution is -2.29. The number of carbonyl (C=O) groups is 1. The predicted molar refractivity (Wildman–Crippen MR) is 101 cm³/mol. The highest BCUT2D eigenvalue weighted by molar-refractivity contribution is 6.04. The Balaban J connectivity index is 1.64. The lowest BCUT2D eigenvalue weighted by molar-refractivity contribution is 0.102. The highest BCUT2D eigenvalue weighted by atomic mass is 16.1. The van der Waals surface area contributed by atoms with Gasteiger partial charge in [0.05, 0.1) is 11.4 Å². The van der Waals surface area contributed by atoms with Crippen LogP contribution in [0.1, 0.15) is 54.7 Å². The van der Waals surface area contributed by atoms with Crippen molar-refractivity contribution in [1.29, 1.82) is 0 Å². The van der Waals surface area contributed by atoms with Crippen LogP contribution < -0.4 is 10.6 Å². The fourth-order valence-electron chi connectivity index (χ4n) is 3.05. The third-order valence-electron chi connectivity index (χ3n) is 4.52. The summed E-state index contributed by atoms with van der Waals surface area (Å²) >= 11 is 0. The molecule has 1 fully saturated rings. The van der Waals surface area contributed by atoms with Crippen molar-refractivity contribution in [3.05, 3.63) is 47.3 Å². The number of carbonyl (C=O) groups excluding carboxylic acids is 1. The molecule has 0 unspecified atom stereocenters. The second-order valence-electron chi connectivity index (χ2n) is 8.27. The molecule has 2 atom stereocenters. The Morgan fingerprint density at radius 1 is 1.36 bits per heavy atom. The maximum atomic E-state index is 12.5. The van der Waals surface area contributed by atoms with Crippen LogP contribution in [-0.4, -0.2) is 28.3 Å². The monoisotopic (exact) mass is 340 g/mol. The summed E-state index contributed by atoms with van der Waals surface area (Å²) in [6, 6.07) is 8.50. The summed E-state index contributed by atoms with van der Waals surface area (Å²) in [5.74, 6) is 0.424. The topological polar surface area (TPSA) is 59.0 Å². The molecule has 5 nitrogen and oxygen atoms in total. The molecule has 1 heterocycles. The van der Waals surface area contributed by atoms with Gasteiger partial charge in [0.15, 0.2) is 0 Å². The van der Waals surface area contributed by atoms with Gasteiger partial charge in [-0.25, -0.2) is 0 Å². The quantitative estimate of drug-likeness (QED) is 0.876. The number of hydrogen-bond donors (Lipinski definition) is 2. The summed E-state index contributed by atoms with van der Waals surface area (Å²) in [7, 11) is 1.85. The molecule has 1 aromatic carbocycles. The Morgan fingerprint density at radius 2 is 2.12 bits per heavy atom. The third-order valence-corrected chi connectivity index (χ3v) is 4.52. The number of hydrogen-bond acceptors (Lipinski definition) is 3. The summed E-state index contributed by atoms with van der Waals surface area (Å²) in [5.41, 5.74) is 3.80.